The molecule has 0 heterocycles. The molecule has 0 aliphatic carbocycles. The summed E-state index contributed by atoms with van der Waals surface area (Å²) in [6, 6.07) is 0. The fourth-order valence-electron chi connectivity index (χ4n) is 10.3. The quantitative estimate of drug-likeness (QED) is 0.0261. The molecule has 0 fully saturated rings. The van der Waals surface area contributed by atoms with Crippen LogP contribution >= 0.6 is 0 Å². The van der Waals surface area contributed by atoms with Gasteiger partial charge in [-0.05, 0) is 57.8 Å². The number of hydrogen-bond donors (Lipinski definition) is 0. The van der Waals surface area contributed by atoms with E-state index < -0.39 is 6.10 Å². The molecular weight excluding hydrogens is 949 g/mol. The van der Waals surface area contributed by atoms with Crippen LogP contribution in [0.15, 0.2) is 48.6 Å². The van der Waals surface area contributed by atoms with Crippen LogP contribution in [0, 0.1) is 0 Å². The molecular formula is C71H130O6. The molecule has 0 bridgehead atoms. The normalized spacial score (nSPS) is 12.3. The zero-order valence-electron chi connectivity index (χ0n) is 51.7. The van der Waals surface area contributed by atoms with E-state index in [0.717, 1.165) is 83.5 Å². The van der Waals surface area contributed by atoms with Crippen LogP contribution in [-0.2, 0) is 28.6 Å². The third-order valence-electron chi connectivity index (χ3n) is 15.3. The number of unbranched alkanes of at least 4 members (excludes halogenated alkanes) is 44. The fraction of sp³-hybridized carbons (Fsp3) is 0.845. The Hall–Kier alpha value is -2.63. The van der Waals surface area contributed by atoms with Crippen molar-refractivity contribution in [1.82, 2.24) is 0 Å². The van der Waals surface area contributed by atoms with Gasteiger partial charge in [0.2, 0.25) is 0 Å². The summed E-state index contributed by atoms with van der Waals surface area (Å²) in [5.41, 5.74) is 0. The molecule has 450 valence electrons. The molecule has 0 aromatic heterocycles. The molecule has 0 aliphatic heterocycles. The van der Waals surface area contributed by atoms with Gasteiger partial charge in [0.05, 0.1) is 0 Å². The second kappa shape index (κ2) is 65.9. The molecule has 0 N–H and O–H groups in total. The largest absolute Gasteiger partial charge is 0.462 e. The van der Waals surface area contributed by atoms with Crippen LogP contribution < -0.4 is 0 Å². The Bertz CT molecular complexity index is 1330. The van der Waals surface area contributed by atoms with Crippen LogP contribution in [0.2, 0.25) is 0 Å². The number of carbonyl (C=O) groups is 3. The molecule has 1 atom stereocenters. The maximum Gasteiger partial charge on any atom is 0.306 e. The van der Waals surface area contributed by atoms with Crippen LogP contribution in [0.4, 0.5) is 0 Å². The lowest BCUT2D eigenvalue weighted by Crippen LogP contribution is -2.30. The lowest BCUT2D eigenvalue weighted by atomic mass is 10.0. The topological polar surface area (TPSA) is 78.9 Å². The summed E-state index contributed by atoms with van der Waals surface area (Å²) in [6.07, 6.45) is 82.9. The molecule has 0 radical (unpaired) electrons. The van der Waals surface area contributed by atoms with Gasteiger partial charge in [0.15, 0.2) is 6.10 Å². The van der Waals surface area contributed by atoms with Crippen LogP contribution in [0.5, 0.6) is 0 Å². The summed E-state index contributed by atoms with van der Waals surface area (Å²) in [7, 11) is 0. The van der Waals surface area contributed by atoms with Crippen molar-refractivity contribution in [2.45, 2.75) is 374 Å². The molecule has 0 aromatic rings. The third-order valence-corrected chi connectivity index (χ3v) is 15.3. The molecule has 0 saturated carbocycles. The standard InChI is InChI=1S/C71H130O6/c1-4-7-10-13-16-19-22-25-28-30-31-32-33-34-35-36-37-38-39-40-41-44-46-49-52-55-58-61-64-70(73)76-67-68(66-75-69(72)63-60-57-54-51-48-45-42-27-24-21-18-15-12-9-6-3)77-71(74)65-62-59-56-53-50-47-43-29-26-23-20-17-14-11-8-5-2/h9,12,18,21,27,42,48,51,68H,4-8,10-11,13-17,19-20,22-26,28-41,43-47,49-50,52-67H2,1-3H3/b12-9-,21-18-,42-27-,51-48-. The highest BCUT2D eigenvalue weighted by Crippen LogP contribution is 2.18. The monoisotopic (exact) mass is 1080 g/mol. The lowest BCUT2D eigenvalue weighted by Gasteiger charge is -2.18. The van der Waals surface area contributed by atoms with Crippen LogP contribution in [0.3, 0.4) is 0 Å². The first-order valence-corrected chi connectivity index (χ1v) is 34.1. The van der Waals surface area contributed by atoms with E-state index >= 15 is 0 Å². The molecule has 0 rings (SSSR count). The molecule has 6 heteroatoms. The van der Waals surface area contributed by atoms with Gasteiger partial charge in [-0.2, -0.15) is 0 Å². The average Bonchev–Trinajstić information content (AvgIpc) is 3.43. The van der Waals surface area contributed by atoms with Crippen molar-refractivity contribution >= 4 is 17.9 Å². The predicted octanol–water partition coefficient (Wildman–Crippen LogP) is 23.3. The Morgan fingerprint density at radius 3 is 0.792 bits per heavy atom. The molecule has 0 saturated heterocycles. The van der Waals surface area contributed by atoms with Gasteiger partial charge < -0.3 is 14.2 Å². The minimum Gasteiger partial charge on any atom is -0.462 e. The highest BCUT2D eigenvalue weighted by atomic mass is 16.6. The average molecular weight is 1080 g/mol. The predicted molar refractivity (Wildman–Crippen MR) is 335 cm³/mol. The first-order chi connectivity index (χ1) is 38.0. The van der Waals surface area contributed by atoms with E-state index in [2.05, 4.69) is 69.4 Å². The van der Waals surface area contributed by atoms with E-state index in [9.17, 15) is 14.4 Å². The highest BCUT2D eigenvalue weighted by molar-refractivity contribution is 5.71. The smallest absolute Gasteiger partial charge is 0.306 e. The summed E-state index contributed by atoms with van der Waals surface area (Å²) in [5, 5.41) is 0. The van der Waals surface area contributed by atoms with Gasteiger partial charge in [0, 0.05) is 19.3 Å². The van der Waals surface area contributed by atoms with Gasteiger partial charge >= 0.3 is 17.9 Å². The Morgan fingerprint density at radius 1 is 0.273 bits per heavy atom. The van der Waals surface area contributed by atoms with E-state index in [-0.39, 0.29) is 31.1 Å². The van der Waals surface area contributed by atoms with Crippen molar-refractivity contribution < 1.29 is 28.6 Å². The number of rotatable bonds is 63. The first-order valence-electron chi connectivity index (χ1n) is 34.1. The zero-order valence-corrected chi connectivity index (χ0v) is 51.7. The van der Waals surface area contributed by atoms with Gasteiger partial charge in [-0.3, -0.25) is 14.4 Å². The molecule has 0 aliphatic rings. The third kappa shape index (κ3) is 64.1. The molecule has 0 aromatic carbocycles. The number of carbonyl (C=O) groups excluding carboxylic acids is 3. The van der Waals surface area contributed by atoms with E-state index in [1.807, 2.05) is 0 Å². The van der Waals surface area contributed by atoms with Crippen molar-refractivity contribution in [2.24, 2.45) is 0 Å². The molecule has 0 spiro atoms. The van der Waals surface area contributed by atoms with E-state index in [0.29, 0.717) is 19.3 Å². The Morgan fingerprint density at radius 2 is 0.506 bits per heavy atom. The summed E-state index contributed by atoms with van der Waals surface area (Å²) < 4.78 is 16.9. The molecule has 1 unspecified atom stereocenters. The zero-order chi connectivity index (χ0) is 55.7. The second-order valence-electron chi connectivity index (χ2n) is 23.1. The maximum atomic E-state index is 12.9. The number of hydrogen-bond acceptors (Lipinski definition) is 6. The summed E-state index contributed by atoms with van der Waals surface area (Å²) in [4.78, 5) is 38.3. The van der Waals surface area contributed by atoms with Gasteiger partial charge in [0.25, 0.3) is 0 Å². The van der Waals surface area contributed by atoms with Crippen molar-refractivity contribution in [1.29, 1.82) is 0 Å². The molecule has 6 nitrogen and oxygen atoms in total. The van der Waals surface area contributed by atoms with Crippen LogP contribution in [0.25, 0.3) is 0 Å². The van der Waals surface area contributed by atoms with Gasteiger partial charge in [-0.15, -0.1) is 0 Å². The summed E-state index contributed by atoms with van der Waals surface area (Å²) >= 11 is 0. The fourth-order valence-corrected chi connectivity index (χ4v) is 10.3. The van der Waals surface area contributed by atoms with Crippen molar-refractivity contribution in [3.05, 3.63) is 48.6 Å². The summed E-state index contributed by atoms with van der Waals surface area (Å²) in [5.74, 6) is -0.900. The van der Waals surface area contributed by atoms with Gasteiger partial charge in [0.1, 0.15) is 13.2 Å². The number of esters is 3. The van der Waals surface area contributed by atoms with Crippen molar-refractivity contribution in [2.75, 3.05) is 13.2 Å². The van der Waals surface area contributed by atoms with E-state index in [1.165, 1.54) is 244 Å². The van der Waals surface area contributed by atoms with Crippen LogP contribution in [-0.4, -0.2) is 37.2 Å². The number of ether oxygens (including phenoxy) is 3. The second-order valence-corrected chi connectivity index (χ2v) is 23.1. The number of allylic oxidation sites excluding steroid dienone is 8. The maximum absolute atomic E-state index is 12.9. The first kappa shape index (κ1) is 74.4. The van der Waals surface area contributed by atoms with E-state index in [1.54, 1.807) is 0 Å². The van der Waals surface area contributed by atoms with Gasteiger partial charge in [-0.1, -0.05) is 339 Å². The highest BCUT2D eigenvalue weighted by Gasteiger charge is 2.19. The van der Waals surface area contributed by atoms with Crippen molar-refractivity contribution in [3.8, 4) is 0 Å². The lowest BCUT2D eigenvalue weighted by molar-refractivity contribution is -0.167. The SMILES string of the molecule is CC/C=C\C/C=C\C/C=C\C/C=C\CCCCC(=O)OCC(COC(=O)CCCCCCCCCCCCCCCCCCCCCCCCCCCCCC)OC(=O)CCCCCCCCCCCCCCCCCC. The Labute approximate surface area is 479 Å². The van der Waals surface area contributed by atoms with Crippen molar-refractivity contribution in [3.63, 3.8) is 0 Å². The minimum atomic E-state index is -0.788. The van der Waals surface area contributed by atoms with Gasteiger partial charge in [-0.25, -0.2) is 0 Å². The Kier molecular flexibility index (Phi) is 63.6. The summed E-state index contributed by atoms with van der Waals surface area (Å²) in [6.45, 7) is 6.56. The molecule has 0 amide bonds. The minimum absolute atomic E-state index is 0.0812. The van der Waals surface area contributed by atoms with Crippen LogP contribution in [0.1, 0.15) is 367 Å². The molecule has 77 heavy (non-hydrogen) atoms. The van der Waals surface area contributed by atoms with E-state index in [4.69, 9.17) is 14.2 Å². The Balaban J connectivity index is 4.22.